The van der Waals surface area contributed by atoms with Crippen LogP contribution in [0.2, 0.25) is 0 Å². The highest BCUT2D eigenvalue weighted by Gasteiger charge is 2.21. The van der Waals surface area contributed by atoms with Crippen LogP contribution < -0.4 is 10.7 Å². The molecule has 0 saturated heterocycles. The number of hydrazone groups is 1. The molecule has 166 valence electrons. The number of hydrogen-bond acceptors (Lipinski definition) is 4. The maximum atomic E-state index is 12.9. The van der Waals surface area contributed by atoms with Gasteiger partial charge in [0.1, 0.15) is 6.04 Å². The molecule has 2 amide bonds. The fourth-order valence-corrected chi connectivity index (χ4v) is 3.80. The number of carbonyl (C=O) groups excluding carboxylic acids is 2. The number of benzene rings is 4. The van der Waals surface area contributed by atoms with Gasteiger partial charge in [-0.15, -0.1) is 0 Å². The van der Waals surface area contributed by atoms with Gasteiger partial charge in [0.15, 0.2) is 0 Å². The van der Waals surface area contributed by atoms with E-state index in [4.69, 9.17) is 4.74 Å². The summed E-state index contributed by atoms with van der Waals surface area (Å²) in [7, 11) is 0. The highest BCUT2D eigenvalue weighted by atomic mass is 16.5. The number of hydrogen-bond donors (Lipinski definition) is 2. The molecule has 0 saturated carbocycles. The van der Waals surface area contributed by atoms with Crippen molar-refractivity contribution in [3.63, 3.8) is 0 Å². The summed E-state index contributed by atoms with van der Waals surface area (Å²) in [6.07, 6.45) is 1.34. The van der Waals surface area contributed by atoms with Crippen LogP contribution in [0.4, 0.5) is 4.79 Å². The van der Waals surface area contributed by atoms with E-state index in [9.17, 15) is 9.59 Å². The quantitative estimate of drug-likeness (QED) is 0.247. The van der Waals surface area contributed by atoms with Crippen molar-refractivity contribution in [3.05, 3.63) is 96.1 Å². The molecule has 0 spiro atoms. The standard InChI is InChI=1S/C27H25N3O3/c1-2-33-27(32)29-25(16-19-10-4-3-5-11-19)26(31)30-28-18-24-22-14-8-6-12-20(22)17-21-13-7-9-15-23(21)24/h3-15,17-18,25H,2,16H2,1H3,(H,29,32)(H,30,31)/b28-18-/t25-/m0/s1. The predicted octanol–water partition coefficient (Wildman–Crippen LogP) is 4.80. The van der Waals surface area contributed by atoms with Crippen molar-refractivity contribution < 1.29 is 14.3 Å². The second-order valence-corrected chi connectivity index (χ2v) is 7.57. The van der Waals surface area contributed by atoms with Gasteiger partial charge in [-0.1, -0.05) is 78.9 Å². The average molecular weight is 440 g/mol. The normalized spacial score (nSPS) is 12.0. The van der Waals surface area contributed by atoms with Gasteiger partial charge in [0.05, 0.1) is 12.8 Å². The third kappa shape index (κ3) is 5.36. The Bertz CT molecular complexity index is 1250. The summed E-state index contributed by atoms with van der Waals surface area (Å²) in [4.78, 5) is 24.9. The first-order chi connectivity index (χ1) is 16.2. The third-order valence-electron chi connectivity index (χ3n) is 5.35. The highest BCUT2D eigenvalue weighted by Crippen LogP contribution is 2.27. The molecule has 4 aromatic carbocycles. The van der Waals surface area contributed by atoms with Crippen LogP contribution in [0.5, 0.6) is 0 Å². The lowest BCUT2D eigenvalue weighted by Crippen LogP contribution is -2.47. The minimum absolute atomic E-state index is 0.220. The summed E-state index contributed by atoms with van der Waals surface area (Å²) in [6.45, 7) is 1.93. The molecule has 33 heavy (non-hydrogen) atoms. The summed E-state index contributed by atoms with van der Waals surface area (Å²) in [6, 6.07) is 26.9. The topological polar surface area (TPSA) is 79.8 Å². The maximum Gasteiger partial charge on any atom is 0.407 e. The van der Waals surface area contributed by atoms with Gasteiger partial charge >= 0.3 is 6.09 Å². The van der Waals surface area contributed by atoms with Crippen molar-refractivity contribution in [2.75, 3.05) is 6.61 Å². The second-order valence-electron chi connectivity index (χ2n) is 7.57. The van der Waals surface area contributed by atoms with Crippen LogP contribution in [-0.2, 0) is 16.0 Å². The molecule has 0 aliphatic carbocycles. The van der Waals surface area contributed by atoms with Gasteiger partial charge in [0, 0.05) is 12.0 Å². The number of fused-ring (bicyclic) bond motifs is 2. The average Bonchev–Trinajstić information content (AvgIpc) is 2.84. The Morgan fingerprint density at radius 3 is 2.15 bits per heavy atom. The van der Waals surface area contributed by atoms with Crippen LogP contribution in [0.25, 0.3) is 21.5 Å². The minimum atomic E-state index is -0.826. The molecule has 6 nitrogen and oxygen atoms in total. The van der Waals surface area contributed by atoms with Gasteiger partial charge in [0.25, 0.3) is 5.91 Å². The molecule has 0 aliphatic rings. The number of ether oxygens (including phenoxy) is 1. The van der Waals surface area contributed by atoms with E-state index in [1.54, 1.807) is 13.1 Å². The molecule has 0 aliphatic heterocycles. The zero-order valence-corrected chi connectivity index (χ0v) is 18.3. The smallest absolute Gasteiger partial charge is 0.407 e. The van der Waals surface area contributed by atoms with E-state index in [0.29, 0.717) is 6.42 Å². The van der Waals surface area contributed by atoms with Crippen molar-refractivity contribution in [1.29, 1.82) is 0 Å². The summed E-state index contributed by atoms with van der Waals surface area (Å²) >= 11 is 0. The van der Waals surface area contributed by atoms with Crippen molar-refractivity contribution in [2.24, 2.45) is 5.10 Å². The Kier molecular flexibility index (Phi) is 6.95. The number of amides is 2. The van der Waals surface area contributed by atoms with Crippen LogP contribution in [0.1, 0.15) is 18.1 Å². The lowest BCUT2D eigenvalue weighted by Gasteiger charge is -2.17. The first-order valence-electron chi connectivity index (χ1n) is 10.9. The summed E-state index contributed by atoms with van der Waals surface area (Å²) in [5.41, 5.74) is 4.42. The Hall–Kier alpha value is -4.19. The molecule has 0 aromatic heterocycles. The molecule has 0 bridgehead atoms. The first kappa shape index (κ1) is 22.0. The van der Waals surface area contributed by atoms with E-state index in [2.05, 4.69) is 34.0 Å². The van der Waals surface area contributed by atoms with Gasteiger partial charge < -0.3 is 10.1 Å². The molecule has 6 heteroatoms. The number of nitrogens with zero attached hydrogens (tertiary/aromatic N) is 1. The fourth-order valence-electron chi connectivity index (χ4n) is 3.80. The lowest BCUT2D eigenvalue weighted by atomic mass is 9.97. The van der Waals surface area contributed by atoms with E-state index in [1.165, 1.54) is 0 Å². The lowest BCUT2D eigenvalue weighted by molar-refractivity contribution is -0.123. The fraction of sp³-hybridized carbons (Fsp3) is 0.148. The molecule has 1 atom stereocenters. The minimum Gasteiger partial charge on any atom is -0.450 e. The van der Waals surface area contributed by atoms with Crippen LogP contribution >= 0.6 is 0 Å². The van der Waals surface area contributed by atoms with Crippen LogP contribution in [0, 0.1) is 0 Å². The van der Waals surface area contributed by atoms with E-state index in [0.717, 1.165) is 32.7 Å². The Morgan fingerprint density at radius 2 is 1.52 bits per heavy atom. The van der Waals surface area contributed by atoms with E-state index < -0.39 is 18.0 Å². The van der Waals surface area contributed by atoms with Gasteiger partial charge in [-0.05, 0) is 40.1 Å². The predicted molar refractivity (Wildman–Crippen MR) is 131 cm³/mol. The zero-order valence-electron chi connectivity index (χ0n) is 18.3. The van der Waals surface area contributed by atoms with Crippen LogP contribution in [0.3, 0.4) is 0 Å². The number of rotatable bonds is 7. The monoisotopic (exact) mass is 439 g/mol. The molecule has 0 radical (unpaired) electrons. The van der Waals surface area contributed by atoms with E-state index in [1.807, 2.05) is 66.7 Å². The summed E-state index contributed by atoms with van der Waals surface area (Å²) in [5, 5.41) is 11.1. The van der Waals surface area contributed by atoms with E-state index in [-0.39, 0.29) is 6.61 Å². The molecular weight excluding hydrogens is 414 g/mol. The van der Waals surface area contributed by atoms with Gasteiger partial charge in [-0.25, -0.2) is 10.2 Å². The van der Waals surface area contributed by atoms with E-state index >= 15 is 0 Å². The summed E-state index contributed by atoms with van der Waals surface area (Å²) in [5.74, 6) is -0.423. The number of carbonyl (C=O) groups is 2. The second kappa shape index (κ2) is 10.4. The van der Waals surface area contributed by atoms with Crippen molar-refractivity contribution in [3.8, 4) is 0 Å². The molecule has 4 aromatic rings. The third-order valence-corrected chi connectivity index (χ3v) is 5.35. The van der Waals surface area contributed by atoms with Crippen molar-refractivity contribution in [1.82, 2.24) is 10.7 Å². The highest BCUT2D eigenvalue weighted by molar-refractivity contribution is 6.13. The number of nitrogens with one attached hydrogen (secondary N) is 2. The molecule has 2 N–H and O–H groups in total. The molecule has 0 heterocycles. The molecule has 4 rings (SSSR count). The molecule has 0 fully saturated rings. The number of alkyl carbamates (subject to hydrolysis) is 1. The largest absolute Gasteiger partial charge is 0.450 e. The first-order valence-corrected chi connectivity index (χ1v) is 10.9. The van der Waals surface area contributed by atoms with Gasteiger partial charge in [0.2, 0.25) is 0 Å². The van der Waals surface area contributed by atoms with Gasteiger partial charge in [-0.3, -0.25) is 4.79 Å². The van der Waals surface area contributed by atoms with Crippen LogP contribution in [0.15, 0.2) is 90.0 Å². The van der Waals surface area contributed by atoms with Crippen LogP contribution in [-0.4, -0.2) is 30.9 Å². The van der Waals surface area contributed by atoms with Crippen molar-refractivity contribution >= 4 is 39.8 Å². The maximum absolute atomic E-state index is 12.9. The Morgan fingerprint density at radius 1 is 0.909 bits per heavy atom. The Labute approximate surface area is 192 Å². The van der Waals surface area contributed by atoms with Crippen molar-refractivity contribution in [2.45, 2.75) is 19.4 Å². The molecule has 0 unspecified atom stereocenters. The van der Waals surface area contributed by atoms with Gasteiger partial charge in [-0.2, -0.15) is 5.10 Å². The molecular formula is C27H25N3O3. The SMILES string of the molecule is CCOC(=O)N[C@@H](Cc1ccccc1)C(=O)N/N=C\c1c2ccccc2cc2ccccc12. The summed E-state index contributed by atoms with van der Waals surface area (Å²) < 4.78 is 4.96. The Balaban J connectivity index is 1.58. The zero-order chi connectivity index (χ0) is 23.0.